The van der Waals surface area contributed by atoms with Gasteiger partial charge in [-0.3, -0.25) is 0 Å². The maximum atomic E-state index is 10.4. The molecule has 1 unspecified atom stereocenters. The fourth-order valence-electron chi connectivity index (χ4n) is 2.87. The lowest BCUT2D eigenvalue weighted by Gasteiger charge is -2.28. The number of methoxy groups -OCH3 is 1. The Hall–Kier alpha value is -2.50. The van der Waals surface area contributed by atoms with E-state index in [1.807, 2.05) is 36.4 Å². The van der Waals surface area contributed by atoms with Crippen LogP contribution in [0.25, 0.3) is 0 Å². The monoisotopic (exact) mass is 408 g/mol. The van der Waals surface area contributed by atoms with E-state index < -0.39 is 5.60 Å². The molecule has 150 valence electrons. The highest BCUT2D eigenvalue weighted by atomic mass is 32.2. The van der Waals surface area contributed by atoms with E-state index in [4.69, 9.17) is 9.47 Å². The Balaban J connectivity index is 2.19. The van der Waals surface area contributed by atoms with Crippen LogP contribution in [0.15, 0.2) is 63.9 Å². The molecule has 5 heteroatoms. The highest BCUT2D eigenvalue weighted by molar-refractivity contribution is 8.03. The van der Waals surface area contributed by atoms with Gasteiger partial charge in [-0.15, -0.1) is 0 Å². The lowest BCUT2D eigenvalue weighted by Crippen LogP contribution is -2.33. The van der Waals surface area contributed by atoms with Gasteiger partial charge in [-0.2, -0.15) is 0 Å². The third-order valence-corrected chi connectivity index (χ3v) is 5.22. The number of aliphatic hydroxyl groups excluding tert-OH is 1. The summed E-state index contributed by atoms with van der Waals surface area (Å²) in [6, 6.07) is 9.89. The molecule has 2 rings (SSSR count). The van der Waals surface area contributed by atoms with Crippen LogP contribution in [0.3, 0.4) is 0 Å². The lowest BCUT2D eigenvalue weighted by atomic mass is 9.91. The standard InChI is InChI=1S/C24H24O4S/c1-27-19-20-28-24(15-7-10-21(24)9-5-6-17-25)16-8-13-23(14-18-26)29-22-11-3-2-4-12-22/h2-4,6,10-12,14,26H,7,15-16,18-20H2,1H3/b23-14+. The highest BCUT2D eigenvalue weighted by Gasteiger charge is 2.37. The van der Waals surface area contributed by atoms with Gasteiger partial charge in [0, 0.05) is 24.0 Å². The molecule has 0 spiro atoms. The summed E-state index contributed by atoms with van der Waals surface area (Å²) < 4.78 is 11.3. The average molecular weight is 409 g/mol. The maximum absolute atomic E-state index is 10.4. The first kappa shape index (κ1) is 22.8. The van der Waals surface area contributed by atoms with Crippen molar-refractivity contribution in [3.63, 3.8) is 0 Å². The van der Waals surface area contributed by atoms with Gasteiger partial charge in [0.2, 0.25) is 0 Å². The minimum absolute atomic E-state index is 0.0754. The fraction of sp³-hybridized carbons (Fsp3) is 0.333. The largest absolute Gasteiger partial charge is 0.392 e. The van der Waals surface area contributed by atoms with Crippen LogP contribution in [0, 0.1) is 23.7 Å². The number of rotatable bonds is 8. The van der Waals surface area contributed by atoms with E-state index in [9.17, 15) is 9.90 Å². The van der Waals surface area contributed by atoms with Gasteiger partial charge in [-0.1, -0.05) is 59.7 Å². The Kier molecular flexibility index (Phi) is 10.1. The average Bonchev–Trinajstić information content (AvgIpc) is 3.12. The van der Waals surface area contributed by atoms with Gasteiger partial charge >= 0.3 is 0 Å². The van der Waals surface area contributed by atoms with Gasteiger partial charge in [-0.05, 0) is 31.1 Å². The topological polar surface area (TPSA) is 55.8 Å². The van der Waals surface area contributed by atoms with Crippen molar-refractivity contribution in [1.29, 1.82) is 0 Å². The maximum Gasteiger partial charge on any atom is 0.133 e. The summed E-state index contributed by atoms with van der Waals surface area (Å²) in [5, 5.41) is 9.32. The number of ether oxygens (including phenoxy) is 2. The molecule has 0 radical (unpaired) electrons. The third-order valence-electron chi connectivity index (χ3n) is 4.22. The van der Waals surface area contributed by atoms with Crippen molar-refractivity contribution in [2.75, 3.05) is 26.9 Å². The number of hydrogen-bond acceptors (Lipinski definition) is 5. The van der Waals surface area contributed by atoms with Crippen molar-refractivity contribution in [2.24, 2.45) is 0 Å². The number of thioether (sulfide) groups is 1. The van der Waals surface area contributed by atoms with Gasteiger partial charge in [0.1, 0.15) is 11.5 Å². The molecule has 0 aromatic heterocycles. The van der Waals surface area contributed by atoms with E-state index in [-0.39, 0.29) is 6.61 Å². The minimum atomic E-state index is -0.614. The van der Waals surface area contributed by atoms with Crippen molar-refractivity contribution >= 4 is 17.7 Å². The van der Waals surface area contributed by atoms with Gasteiger partial charge in [0.15, 0.2) is 0 Å². The summed E-state index contributed by atoms with van der Waals surface area (Å²) in [7, 11) is 1.63. The fourth-order valence-corrected chi connectivity index (χ4v) is 3.70. The Labute approximate surface area is 176 Å². The van der Waals surface area contributed by atoms with Gasteiger partial charge < -0.3 is 14.6 Å². The number of carbonyl (C=O) groups excluding carboxylic acids is 1. The summed E-state index contributed by atoms with van der Waals surface area (Å²) in [5.41, 5.74) is 0.217. The lowest BCUT2D eigenvalue weighted by molar-refractivity contribution is -0.0325. The van der Waals surface area contributed by atoms with E-state index in [0.29, 0.717) is 19.6 Å². The van der Waals surface area contributed by atoms with Crippen molar-refractivity contribution in [3.05, 3.63) is 59.0 Å². The number of benzene rings is 1. The summed E-state index contributed by atoms with van der Waals surface area (Å²) in [4.78, 5) is 12.2. The molecule has 1 N–H and O–H groups in total. The van der Waals surface area contributed by atoms with Crippen LogP contribution in [0.4, 0.5) is 0 Å². The zero-order chi connectivity index (χ0) is 20.8. The first-order chi connectivity index (χ1) is 14.2. The van der Waals surface area contributed by atoms with Crippen LogP contribution < -0.4 is 0 Å². The molecule has 0 saturated carbocycles. The molecule has 0 saturated heterocycles. The molecular formula is C24H24O4S. The number of hydrogen-bond donors (Lipinski definition) is 1. The SMILES string of the molecule is COCCOC1(CC#C/C(=C\CO)Sc2ccccc2)CCC=C1C#CC=C=O. The highest BCUT2D eigenvalue weighted by Crippen LogP contribution is 2.37. The van der Waals surface area contributed by atoms with E-state index in [2.05, 4.69) is 23.7 Å². The number of aliphatic hydroxyl groups is 1. The first-order valence-electron chi connectivity index (χ1n) is 9.31. The first-order valence-corrected chi connectivity index (χ1v) is 10.1. The Morgan fingerprint density at radius 1 is 1.31 bits per heavy atom. The second kappa shape index (κ2) is 12.9. The van der Waals surface area contributed by atoms with Gasteiger partial charge in [0.05, 0.1) is 30.8 Å². The molecular weight excluding hydrogens is 384 g/mol. The normalized spacial score (nSPS) is 18.0. The molecule has 4 nitrogen and oxygen atoms in total. The van der Waals surface area contributed by atoms with Crippen molar-refractivity contribution in [3.8, 4) is 23.7 Å². The molecule has 0 fully saturated rings. The molecule has 0 bridgehead atoms. The molecule has 1 atom stereocenters. The van der Waals surface area contributed by atoms with E-state index >= 15 is 0 Å². The quantitative estimate of drug-likeness (QED) is 0.309. The Bertz CT molecular complexity index is 890. The molecule has 1 aliphatic rings. The molecule has 0 aliphatic heterocycles. The van der Waals surface area contributed by atoms with E-state index in [0.717, 1.165) is 34.3 Å². The van der Waals surface area contributed by atoms with Gasteiger partial charge in [0.25, 0.3) is 0 Å². The van der Waals surface area contributed by atoms with Crippen LogP contribution in [0.2, 0.25) is 0 Å². The molecule has 1 aliphatic carbocycles. The predicted molar refractivity (Wildman–Crippen MR) is 116 cm³/mol. The van der Waals surface area contributed by atoms with E-state index in [1.54, 1.807) is 19.1 Å². The minimum Gasteiger partial charge on any atom is -0.392 e. The Morgan fingerprint density at radius 2 is 2.14 bits per heavy atom. The molecule has 0 heterocycles. The van der Waals surface area contributed by atoms with Crippen LogP contribution in [0.1, 0.15) is 19.3 Å². The second-order valence-corrected chi connectivity index (χ2v) is 7.28. The predicted octanol–water partition coefficient (Wildman–Crippen LogP) is 3.56. The van der Waals surface area contributed by atoms with E-state index in [1.165, 1.54) is 11.8 Å². The van der Waals surface area contributed by atoms with Crippen molar-refractivity contribution < 1.29 is 19.4 Å². The second-order valence-electron chi connectivity index (χ2n) is 6.17. The summed E-state index contributed by atoms with van der Waals surface area (Å²) in [5.74, 6) is 13.7. The molecule has 0 amide bonds. The van der Waals surface area contributed by atoms with Crippen molar-refractivity contribution in [2.45, 2.75) is 29.8 Å². The number of allylic oxidation sites excluding steroid dienone is 3. The van der Waals surface area contributed by atoms with Crippen LogP contribution in [0.5, 0.6) is 0 Å². The summed E-state index contributed by atoms with van der Waals surface area (Å²) in [6.07, 6.45) is 6.95. The summed E-state index contributed by atoms with van der Waals surface area (Å²) in [6.45, 7) is 0.830. The van der Waals surface area contributed by atoms with Crippen LogP contribution in [-0.2, 0) is 14.3 Å². The van der Waals surface area contributed by atoms with Gasteiger partial charge in [-0.25, -0.2) is 4.79 Å². The third kappa shape index (κ3) is 7.44. The summed E-state index contributed by atoms with van der Waals surface area (Å²) >= 11 is 1.51. The molecule has 1 aromatic rings. The molecule has 29 heavy (non-hydrogen) atoms. The zero-order valence-corrected chi connectivity index (χ0v) is 17.3. The van der Waals surface area contributed by atoms with Crippen molar-refractivity contribution in [1.82, 2.24) is 0 Å². The van der Waals surface area contributed by atoms with Crippen LogP contribution >= 0.6 is 11.8 Å². The Morgan fingerprint density at radius 3 is 2.86 bits per heavy atom. The zero-order valence-electron chi connectivity index (χ0n) is 16.4. The van der Waals surface area contributed by atoms with Crippen LogP contribution in [-0.4, -0.2) is 43.6 Å². The molecule has 1 aromatic carbocycles. The smallest absolute Gasteiger partial charge is 0.133 e.